The lowest BCUT2D eigenvalue weighted by Crippen LogP contribution is -2.32. The summed E-state index contributed by atoms with van der Waals surface area (Å²) in [5.74, 6) is -2.52. The standard InChI is InChI=1S/C15H10Cl2FN3O2/c16-10-5-6-11(17)13(7-10)20-14(22)15(23)21-19-8-9-3-1-2-4-12(9)18/h1-8H,(H,20,22)(H,21,23)/b19-8+. The fourth-order valence-corrected chi connectivity index (χ4v) is 1.90. The van der Waals surface area contributed by atoms with Crippen LogP contribution in [0, 0.1) is 5.82 Å². The Hall–Kier alpha value is -2.44. The molecule has 2 aromatic carbocycles. The number of halogens is 3. The normalized spacial score (nSPS) is 10.6. The average Bonchev–Trinajstić information content (AvgIpc) is 2.52. The maximum absolute atomic E-state index is 13.3. The molecule has 23 heavy (non-hydrogen) atoms. The summed E-state index contributed by atoms with van der Waals surface area (Å²) in [6, 6.07) is 10.3. The first-order valence-electron chi connectivity index (χ1n) is 6.31. The topological polar surface area (TPSA) is 70.6 Å². The lowest BCUT2D eigenvalue weighted by Gasteiger charge is -2.06. The summed E-state index contributed by atoms with van der Waals surface area (Å²) >= 11 is 11.6. The van der Waals surface area contributed by atoms with Gasteiger partial charge in [-0.25, -0.2) is 9.82 Å². The second-order valence-corrected chi connectivity index (χ2v) is 5.14. The Labute approximate surface area is 141 Å². The summed E-state index contributed by atoms with van der Waals surface area (Å²) in [5.41, 5.74) is 2.35. The third-order valence-corrected chi connectivity index (χ3v) is 3.22. The Bertz CT molecular complexity index is 781. The molecule has 2 amide bonds. The Morgan fingerprint density at radius 2 is 1.83 bits per heavy atom. The van der Waals surface area contributed by atoms with E-state index in [-0.39, 0.29) is 16.3 Å². The van der Waals surface area contributed by atoms with Crippen LogP contribution in [0.4, 0.5) is 10.1 Å². The van der Waals surface area contributed by atoms with E-state index in [1.54, 1.807) is 6.07 Å². The summed E-state index contributed by atoms with van der Waals surface area (Å²) in [6.07, 6.45) is 1.09. The smallest absolute Gasteiger partial charge is 0.316 e. The Kier molecular flexibility index (Phi) is 5.67. The summed E-state index contributed by atoms with van der Waals surface area (Å²) in [4.78, 5) is 23.3. The number of rotatable bonds is 3. The number of amides is 2. The van der Waals surface area contributed by atoms with Crippen molar-refractivity contribution in [3.8, 4) is 0 Å². The van der Waals surface area contributed by atoms with Gasteiger partial charge in [0.15, 0.2) is 0 Å². The molecule has 0 aliphatic heterocycles. The van der Waals surface area contributed by atoms with Crippen LogP contribution in [-0.2, 0) is 9.59 Å². The van der Waals surface area contributed by atoms with Gasteiger partial charge in [0.25, 0.3) is 0 Å². The number of carbonyl (C=O) groups excluding carboxylic acids is 2. The maximum Gasteiger partial charge on any atom is 0.329 e. The van der Waals surface area contributed by atoms with E-state index in [1.165, 1.54) is 36.4 Å². The van der Waals surface area contributed by atoms with Gasteiger partial charge < -0.3 is 5.32 Å². The van der Waals surface area contributed by atoms with Crippen molar-refractivity contribution >= 4 is 46.9 Å². The van der Waals surface area contributed by atoms with Gasteiger partial charge in [0.2, 0.25) is 0 Å². The molecule has 2 rings (SSSR count). The van der Waals surface area contributed by atoms with E-state index in [0.717, 1.165) is 6.21 Å². The van der Waals surface area contributed by atoms with Crippen LogP contribution in [0.1, 0.15) is 5.56 Å². The molecule has 0 saturated carbocycles. The van der Waals surface area contributed by atoms with Crippen molar-refractivity contribution in [2.75, 3.05) is 5.32 Å². The van der Waals surface area contributed by atoms with E-state index in [0.29, 0.717) is 5.02 Å². The van der Waals surface area contributed by atoms with Crippen LogP contribution in [0.5, 0.6) is 0 Å². The van der Waals surface area contributed by atoms with Gasteiger partial charge in [-0.1, -0.05) is 41.4 Å². The third kappa shape index (κ3) is 4.77. The summed E-state index contributed by atoms with van der Waals surface area (Å²) in [5, 5.41) is 6.39. The zero-order chi connectivity index (χ0) is 16.8. The molecule has 0 heterocycles. The molecule has 0 spiro atoms. The number of nitrogens with zero attached hydrogens (tertiary/aromatic N) is 1. The molecule has 5 nitrogen and oxygen atoms in total. The van der Waals surface area contributed by atoms with Crippen LogP contribution in [0.25, 0.3) is 0 Å². The number of hydrogen-bond donors (Lipinski definition) is 2. The van der Waals surface area contributed by atoms with Crippen molar-refractivity contribution < 1.29 is 14.0 Å². The lowest BCUT2D eigenvalue weighted by molar-refractivity contribution is -0.136. The number of carbonyl (C=O) groups is 2. The molecule has 118 valence electrons. The van der Waals surface area contributed by atoms with Gasteiger partial charge >= 0.3 is 11.8 Å². The molecular formula is C15H10Cl2FN3O2. The first-order valence-corrected chi connectivity index (χ1v) is 7.07. The SMILES string of the molecule is O=C(N/N=C/c1ccccc1F)C(=O)Nc1cc(Cl)ccc1Cl. The number of hydrogen-bond acceptors (Lipinski definition) is 3. The zero-order valence-corrected chi connectivity index (χ0v) is 13.0. The van der Waals surface area contributed by atoms with E-state index in [1.807, 2.05) is 5.43 Å². The predicted molar refractivity (Wildman–Crippen MR) is 87.2 cm³/mol. The minimum Gasteiger partial charge on any atom is -0.316 e. The van der Waals surface area contributed by atoms with E-state index in [2.05, 4.69) is 10.4 Å². The second-order valence-electron chi connectivity index (χ2n) is 4.30. The second kappa shape index (κ2) is 7.71. The number of benzene rings is 2. The Morgan fingerprint density at radius 3 is 2.57 bits per heavy atom. The van der Waals surface area contributed by atoms with Gasteiger partial charge in [-0.3, -0.25) is 9.59 Å². The first kappa shape index (κ1) is 16.9. The van der Waals surface area contributed by atoms with Gasteiger partial charge in [0, 0.05) is 10.6 Å². The van der Waals surface area contributed by atoms with Crippen molar-refractivity contribution in [1.82, 2.24) is 5.43 Å². The summed E-state index contributed by atoms with van der Waals surface area (Å²) in [6.45, 7) is 0. The van der Waals surface area contributed by atoms with Crippen molar-refractivity contribution in [2.24, 2.45) is 5.10 Å². The van der Waals surface area contributed by atoms with Crippen LogP contribution in [0.15, 0.2) is 47.6 Å². The van der Waals surface area contributed by atoms with E-state index >= 15 is 0 Å². The summed E-state index contributed by atoms with van der Waals surface area (Å²) < 4.78 is 13.3. The highest BCUT2D eigenvalue weighted by Crippen LogP contribution is 2.25. The molecule has 2 N–H and O–H groups in total. The lowest BCUT2D eigenvalue weighted by atomic mass is 10.2. The number of anilines is 1. The number of nitrogens with one attached hydrogen (secondary N) is 2. The molecule has 0 fully saturated rings. The van der Waals surface area contributed by atoms with Crippen LogP contribution in [0.3, 0.4) is 0 Å². The van der Waals surface area contributed by atoms with Crippen molar-refractivity contribution in [1.29, 1.82) is 0 Å². The molecule has 2 aromatic rings. The van der Waals surface area contributed by atoms with E-state index in [9.17, 15) is 14.0 Å². The fourth-order valence-electron chi connectivity index (χ4n) is 1.56. The zero-order valence-electron chi connectivity index (χ0n) is 11.5. The van der Waals surface area contributed by atoms with Crippen molar-refractivity contribution in [3.05, 3.63) is 63.9 Å². The minimum absolute atomic E-state index is 0.172. The highest BCUT2D eigenvalue weighted by atomic mass is 35.5. The van der Waals surface area contributed by atoms with Crippen LogP contribution < -0.4 is 10.7 Å². The molecule has 0 radical (unpaired) electrons. The molecule has 0 aromatic heterocycles. The highest BCUT2D eigenvalue weighted by molar-refractivity contribution is 6.42. The van der Waals surface area contributed by atoms with E-state index < -0.39 is 17.6 Å². The molecular weight excluding hydrogens is 344 g/mol. The quantitative estimate of drug-likeness (QED) is 0.505. The van der Waals surface area contributed by atoms with Crippen molar-refractivity contribution in [3.63, 3.8) is 0 Å². The van der Waals surface area contributed by atoms with Gasteiger partial charge in [-0.2, -0.15) is 5.10 Å². The van der Waals surface area contributed by atoms with Gasteiger partial charge in [-0.05, 0) is 24.3 Å². The molecule has 8 heteroatoms. The van der Waals surface area contributed by atoms with Crippen LogP contribution in [0.2, 0.25) is 10.0 Å². The van der Waals surface area contributed by atoms with Crippen LogP contribution >= 0.6 is 23.2 Å². The summed E-state index contributed by atoms with van der Waals surface area (Å²) in [7, 11) is 0. The fraction of sp³-hybridized carbons (Fsp3) is 0. The van der Waals surface area contributed by atoms with Crippen molar-refractivity contribution in [2.45, 2.75) is 0 Å². The van der Waals surface area contributed by atoms with E-state index in [4.69, 9.17) is 23.2 Å². The van der Waals surface area contributed by atoms with Gasteiger partial charge in [0.1, 0.15) is 5.82 Å². The number of hydrazone groups is 1. The highest BCUT2D eigenvalue weighted by Gasteiger charge is 2.14. The largest absolute Gasteiger partial charge is 0.329 e. The monoisotopic (exact) mass is 353 g/mol. The predicted octanol–water partition coefficient (Wildman–Crippen LogP) is 3.22. The molecule has 0 saturated heterocycles. The molecule has 0 aliphatic rings. The van der Waals surface area contributed by atoms with Gasteiger partial charge in [-0.15, -0.1) is 0 Å². The third-order valence-electron chi connectivity index (χ3n) is 2.66. The maximum atomic E-state index is 13.3. The Morgan fingerprint density at radius 1 is 1.09 bits per heavy atom. The van der Waals surface area contributed by atoms with Gasteiger partial charge in [0.05, 0.1) is 16.9 Å². The molecule has 0 unspecified atom stereocenters. The molecule has 0 bridgehead atoms. The Balaban J connectivity index is 1.97. The average molecular weight is 354 g/mol. The first-order chi connectivity index (χ1) is 11.0. The molecule has 0 atom stereocenters. The van der Waals surface area contributed by atoms with Crippen LogP contribution in [-0.4, -0.2) is 18.0 Å². The minimum atomic E-state index is -1.03. The molecule has 0 aliphatic carbocycles.